The van der Waals surface area contributed by atoms with Gasteiger partial charge in [-0.3, -0.25) is 4.79 Å². The Morgan fingerprint density at radius 1 is 1.59 bits per heavy atom. The van der Waals surface area contributed by atoms with Crippen LogP contribution in [0.5, 0.6) is 5.75 Å². The van der Waals surface area contributed by atoms with Gasteiger partial charge in [0.1, 0.15) is 12.4 Å². The number of hydrogen-bond acceptors (Lipinski definition) is 3. The number of hydrogen-bond donors (Lipinski definition) is 2. The van der Waals surface area contributed by atoms with Crippen molar-refractivity contribution in [1.82, 2.24) is 5.32 Å². The van der Waals surface area contributed by atoms with Crippen LogP contribution in [0.1, 0.15) is 12.5 Å². The summed E-state index contributed by atoms with van der Waals surface area (Å²) in [6, 6.07) is 7.85. The van der Waals surface area contributed by atoms with Crippen LogP contribution in [0.3, 0.4) is 0 Å². The van der Waals surface area contributed by atoms with Gasteiger partial charge in [-0.05, 0) is 25.0 Å². The van der Waals surface area contributed by atoms with E-state index < -0.39 is 0 Å². The molecule has 0 spiro atoms. The molecule has 0 fully saturated rings. The Hall–Kier alpha value is -1.55. The van der Waals surface area contributed by atoms with E-state index in [1.54, 1.807) is 0 Å². The predicted octanol–water partition coefficient (Wildman–Crippen LogP) is 0.701. The molecule has 3 N–H and O–H groups in total. The fraction of sp³-hybridized carbons (Fsp3) is 0.462. The van der Waals surface area contributed by atoms with Crippen molar-refractivity contribution < 1.29 is 9.53 Å². The quantitative estimate of drug-likeness (QED) is 0.809. The molecule has 1 amide bonds. The van der Waals surface area contributed by atoms with E-state index in [1.807, 2.05) is 31.2 Å². The highest BCUT2D eigenvalue weighted by Gasteiger charge is 2.26. The number of ether oxygens (including phenoxy) is 1. The van der Waals surface area contributed by atoms with Crippen LogP contribution in [0.4, 0.5) is 0 Å². The highest BCUT2D eigenvalue weighted by molar-refractivity contribution is 5.79. The first kappa shape index (κ1) is 11.9. The lowest BCUT2D eigenvalue weighted by molar-refractivity contribution is -0.126. The maximum atomic E-state index is 11.9. The van der Waals surface area contributed by atoms with Crippen LogP contribution in [0.15, 0.2) is 24.3 Å². The average Bonchev–Trinajstić information content (AvgIpc) is 2.38. The van der Waals surface area contributed by atoms with Crippen molar-refractivity contribution in [2.24, 2.45) is 11.7 Å². The lowest BCUT2D eigenvalue weighted by atomic mass is 9.96. The number of fused-ring (bicyclic) bond motifs is 1. The fourth-order valence-electron chi connectivity index (χ4n) is 1.92. The van der Waals surface area contributed by atoms with Crippen molar-refractivity contribution in [1.29, 1.82) is 0 Å². The van der Waals surface area contributed by atoms with Gasteiger partial charge in [0.2, 0.25) is 5.91 Å². The normalized spacial score (nSPS) is 20.0. The molecule has 1 aliphatic rings. The largest absolute Gasteiger partial charge is 0.492 e. The molecule has 0 radical (unpaired) electrons. The second-order valence-corrected chi connectivity index (χ2v) is 4.47. The lowest BCUT2D eigenvalue weighted by Gasteiger charge is -2.25. The van der Waals surface area contributed by atoms with Crippen molar-refractivity contribution in [3.63, 3.8) is 0 Å². The van der Waals surface area contributed by atoms with Gasteiger partial charge < -0.3 is 15.8 Å². The molecular weight excluding hydrogens is 216 g/mol. The summed E-state index contributed by atoms with van der Waals surface area (Å²) in [5.74, 6) is 0.805. The highest BCUT2D eigenvalue weighted by Crippen LogP contribution is 2.26. The Kier molecular flexibility index (Phi) is 3.64. The molecule has 2 atom stereocenters. The van der Waals surface area contributed by atoms with Crippen molar-refractivity contribution >= 4 is 5.91 Å². The highest BCUT2D eigenvalue weighted by atomic mass is 16.5. The van der Waals surface area contributed by atoms with Crippen LogP contribution < -0.4 is 15.8 Å². The first-order valence-corrected chi connectivity index (χ1v) is 5.92. The van der Waals surface area contributed by atoms with Crippen LogP contribution in [0, 0.1) is 5.92 Å². The van der Waals surface area contributed by atoms with Crippen LogP contribution in [-0.4, -0.2) is 25.1 Å². The summed E-state index contributed by atoms with van der Waals surface area (Å²) < 4.78 is 5.58. The number of nitrogens with two attached hydrogens (primary N) is 1. The van der Waals surface area contributed by atoms with Gasteiger partial charge in [-0.25, -0.2) is 0 Å². The minimum absolute atomic E-state index is 0.0136. The Morgan fingerprint density at radius 2 is 2.35 bits per heavy atom. The van der Waals surface area contributed by atoms with E-state index in [-0.39, 0.29) is 17.9 Å². The number of benzene rings is 1. The Bertz CT molecular complexity index is 406. The standard InChI is InChI=1S/C13H18N2O2/c1-9(7-14)15-13(16)11-6-10-4-2-3-5-12(10)17-8-11/h2-5,9,11H,6-8,14H2,1H3,(H,15,16)/t9-,11?/m1/s1. The van der Waals surface area contributed by atoms with Crippen molar-refractivity contribution in [3.8, 4) is 5.75 Å². The smallest absolute Gasteiger partial charge is 0.227 e. The van der Waals surface area contributed by atoms with Gasteiger partial charge in [0.15, 0.2) is 0 Å². The first-order valence-electron chi connectivity index (χ1n) is 5.92. The number of nitrogens with one attached hydrogen (secondary N) is 1. The second kappa shape index (κ2) is 5.19. The third-order valence-corrected chi connectivity index (χ3v) is 2.99. The topological polar surface area (TPSA) is 64.3 Å². The number of rotatable bonds is 3. The summed E-state index contributed by atoms with van der Waals surface area (Å²) in [7, 11) is 0. The number of para-hydroxylation sites is 1. The molecule has 1 heterocycles. The molecule has 92 valence electrons. The third-order valence-electron chi connectivity index (χ3n) is 2.99. The zero-order valence-corrected chi connectivity index (χ0v) is 9.98. The van der Waals surface area contributed by atoms with Gasteiger partial charge in [0.25, 0.3) is 0 Å². The van der Waals surface area contributed by atoms with Crippen LogP contribution in [-0.2, 0) is 11.2 Å². The molecule has 1 aromatic rings. The monoisotopic (exact) mass is 234 g/mol. The van der Waals surface area contributed by atoms with E-state index in [4.69, 9.17) is 10.5 Å². The molecule has 0 saturated heterocycles. The predicted molar refractivity (Wildman–Crippen MR) is 65.8 cm³/mol. The minimum Gasteiger partial charge on any atom is -0.492 e. The van der Waals surface area contributed by atoms with E-state index in [1.165, 1.54) is 0 Å². The lowest BCUT2D eigenvalue weighted by Crippen LogP contribution is -2.44. The van der Waals surface area contributed by atoms with Gasteiger partial charge in [0, 0.05) is 12.6 Å². The summed E-state index contributed by atoms with van der Waals surface area (Å²) in [6.07, 6.45) is 0.735. The molecule has 1 aromatic carbocycles. The first-order chi connectivity index (χ1) is 8.20. The van der Waals surface area contributed by atoms with Crippen LogP contribution in [0.2, 0.25) is 0 Å². The van der Waals surface area contributed by atoms with E-state index in [0.717, 1.165) is 17.7 Å². The van der Waals surface area contributed by atoms with Gasteiger partial charge in [-0.15, -0.1) is 0 Å². The van der Waals surface area contributed by atoms with Crippen LogP contribution >= 0.6 is 0 Å². The van der Waals surface area contributed by atoms with Crippen molar-refractivity contribution in [3.05, 3.63) is 29.8 Å². The summed E-state index contributed by atoms with van der Waals surface area (Å²) >= 11 is 0. The maximum Gasteiger partial charge on any atom is 0.227 e. The molecule has 1 aliphatic heterocycles. The van der Waals surface area contributed by atoms with E-state index in [0.29, 0.717) is 13.2 Å². The fourth-order valence-corrected chi connectivity index (χ4v) is 1.92. The van der Waals surface area contributed by atoms with Crippen molar-refractivity contribution in [2.45, 2.75) is 19.4 Å². The van der Waals surface area contributed by atoms with Gasteiger partial charge in [-0.2, -0.15) is 0 Å². The summed E-state index contributed by atoms with van der Waals surface area (Å²) in [4.78, 5) is 11.9. The molecule has 4 nitrogen and oxygen atoms in total. The zero-order valence-electron chi connectivity index (χ0n) is 9.98. The van der Waals surface area contributed by atoms with Gasteiger partial charge in [-0.1, -0.05) is 18.2 Å². The van der Waals surface area contributed by atoms with Gasteiger partial charge >= 0.3 is 0 Å². The average molecular weight is 234 g/mol. The molecule has 0 aromatic heterocycles. The molecule has 0 saturated carbocycles. The molecule has 17 heavy (non-hydrogen) atoms. The molecule has 1 unspecified atom stereocenters. The second-order valence-electron chi connectivity index (χ2n) is 4.47. The molecule has 4 heteroatoms. The Balaban J connectivity index is 2.00. The van der Waals surface area contributed by atoms with E-state index >= 15 is 0 Å². The van der Waals surface area contributed by atoms with Crippen molar-refractivity contribution in [2.75, 3.05) is 13.2 Å². The SMILES string of the molecule is C[C@H](CN)NC(=O)C1COc2ccccc2C1. The third kappa shape index (κ3) is 2.77. The van der Waals surface area contributed by atoms with Crippen LogP contribution in [0.25, 0.3) is 0 Å². The number of amides is 1. The Morgan fingerprint density at radius 3 is 3.12 bits per heavy atom. The Labute approximate surface area is 101 Å². The zero-order chi connectivity index (χ0) is 12.3. The van der Waals surface area contributed by atoms with E-state index in [9.17, 15) is 4.79 Å². The molecule has 2 rings (SSSR count). The molecule has 0 bridgehead atoms. The summed E-state index contributed by atoms with van der Waals surface area (Å²) in [5.41, 5.74) is 6.58. The number of carbonyl (C=O) groups is 1. The van der Waals surface area contributed by atoms with E-state index in [2.05, 4.69) is 5.32 Å². The molecular formula is C13H18N2O2. The summed E-state index contributed by atoms with van der Waals surface area (Å²) in [5, 5.41) is 2.89. The summed E-state index contributed by atoms with van der Waals surface area (Å²) in [6.45, 7) is 2.80. The van der Waals surface area contributed by atoms with Gasteiger partial charge in [0.05, 0.1) is 5.92 Å². The minimum atomic E-state index is -0.112. The number of carbonyl (C=O) groups excluding carboxylic acids is 1. The maximum absolute atomic E-state index is 11.9. The molecule has 0 aliphatic carbocycles.